The molecule has 0 heterocycles. The van der Waals surface area contributed by atoms with Crippen molar-refractivity contribution in [3.05, 3.63) is 35.4 Å². The summed E-state index contributed by atoms with van der Waals surface area (Å²) in [5.74, 6) is -0.612. The summed E-state index contributed by atoms with van der Waals surface area (Å²) < 4.78 is 4.75. The van der Waals surface area contributed by atoms with E-state index in [4.69, 9.17) is 4.74 Å². The molecule has 0 spiro atoms. The van der Waals surface area contributed by atoms with E-state index in [0.29, 0.717) is 6.42 Å². The Labute approximate surface area is 152 Å². The first-order chi connectivity index (χ1) is 12.1. The Bertz CT molecular complexity index is 510. The molecule has 1 atom stereocenters. The summed E-state index contributed by atoms with van der Waals surface area (Å²) in [5.41, 5.74) is 2.54. The number of unbranched alkanes of at least 4 members (excludes halogenated alkanes) is 5. The van der Waals surface area contributed by atoms with Crippen LogP contribution in [0, 0.1) is 0 Å². The Balaban J connectivity index is 2.37. The predicted molar refractivity (Wildman–Crippen MR) is 101 cm³/mol. The molecule has 1 aromatic rings. The van der Waals surface area contributed by atoms with E-state index in [1.165, 1.54) is 63.7 Å². The fourth-order valence-electron chi connectivity index (χ4n) is 2.93. The SMILES string of the molecule is CCCCCCCCc1ccc(CCC(NC(C)=O)C(=O)OC)cc1. The Morgan fingerprint density at radius 3 is 2.08 bits per heavy atom. The average Bonchev–Trinajstić information content (AvgIpc) is 2.61. The zero-order valence-corrected chi connectivity index (χ0v) is 16.0. The molecule has 4 nitrogen and oxygen atoms in total. The van der Waals surface area contributed by atoms with E-state index in [1.807, 2.05) is 0 Å². The van der Waals surface area contributed by atoms with Gasteiger partial charge in [0.05, 0.1) is 7.11 Å². The second-order valence-electron chi connectivity index (χ2n) is 6.65. The fourth-order valence-corrected chi connectivity index (χ4v) is 2.93. The van der Waals surface area contributed by atoms with Crippen molar-refractivity contribution in [3.63, 3.8) is 0 Å². The van der Waals surface area contributed by atoms with E-state index < -0.39 is 12.0 Å². The lowest BCUT2D eigenvalue weighted by molar-refractivity contribution is -0.145. The topological polar surface area (TPSA) is 55.4 Å². The summed E-state index contributed by atoms with van der Waals surface area (Å²) in [5, 5.41) is 2.65. The molecule has 0 bridgehead atoms. The van der Waals surface area contributed by atoms with Crippen molar-refractivity contribution in [3.8, 4) is 0 Å². The number of amides is 1. The molecule has 0 fully saturated rings. The highest BCUT2D eigenvalue weighted by Gasteiger charge is 2.19. The molecule has 140 valence electrons. The van der Waals surface area contributed by atoms with Crippen LogP contribution in [-0.4, -0.2) is 25.0 Å². The number of carbonyl (C=O) groups excluding carboxylic acids is 2. The van der Waals surface area contributed by atoms with E-state index >= 15 is 0 Å². The fraction of sp³-hybridized carbons (Fsp3) is 0.619. The van der Waals surface area contributed by atoms with Gasteiger partial charge in [-0.15, -0.1) is 0 Å². The van der Waals surface area contributed by atoms with E-state index in [1.54, 1.807) is 0 Å². The summed E-state index contributed by atoms with van der Waals surface area (Å²) in [6.07, 6.45) is 10.3. The van der Waals surface area contributed by atoms with Crippen molar-refractivity contribution in [1.29, 1.82) is 0 Å². The smallest absolute Gasteiger partial charge is 0.328 e. The second-order valence-corrected chi connectivity index (χ2v) is 6.65. The van der Waals surface area contributed by atoms with Crippen molar-refractivity contribution < 1.29 is 14.3 Å². The highest BCUT2D eigenvalue weighted by Crippen LogP contribution is 2.13. The molecular formula is C21H33NO3. The van der Waals surface area contributed by atoms with Crippen LogP contribution in [0.5, 0.6) is 0 Å². The van der Waals surface area contributed by atoms with Crippen molar-refractivity contribution in [2.45, 2.75) is 77.7 Å². The number of hydrogen-bond donors (Lipinski definition) is 1. The maximum absolute atomic E-state index is 11.7. The highest BCUT2D eigenvalue weighted by atomic mass is 16.5. The van der Waals surface area contributed by atoms with Crippen LogP contribution in [0.4, 0.5) is 0 Å². The standard InChI is InChI=1S/C21H33NO3/c1-4-5-6-7-8-9-10-18-11-13-19(14-12-18)15-16-20(21(24)25-3)22-17(2)23/h11-14,20H,4-10,15-16H2,1-3H3,(H,22,23). The van der Waals surface area contributed by atoms with Crippen molar-refractivity contribution in [1.82, 2.24) is 5.32 Å². The molecule has 4 heteroatoms. The minimum atomic E-state index is -0.578. The summed E-state index contributed by atoms with van der Waals surface area (Å²) >= 11 is 0. The number of methoxy groups -OCH3 is 1. The second kappa shape index (κ2) is 12.5. The molecule has 0 aliphatic heterocycles. The average molecular weight is 347 g/mol. The molecule has 0 aliphatic rings. The van der Waals surface area contributed by atoms with Gasteiger partial charge in [0, 0.05) is 6.92 Å². The first kappa shape index (κ1) is 21.2. The van der Waals surface area contributed by atoms with E-state index in [-0.39, 0.29) is 5.91 Å². The molecule has 25 heavy (non-hydrogen) atoms. The lowest BCUT2D eigenvalue weighted by atomic mass is 10.0. The third kappa shape index (κ3) is 9.28. The van der Waals surface area contributed by atoms with Gasteiger partial charge in [-0.05, 0) is 36.8 Å². The molecule has 1 N–H and O–H groups in total. The van der Waals surface area contributed by atoms with Gasteiger partial charge in [-0.25, -0.2) is 4.79 Å². The maximum atomic E-state index is 11.7. The number of aryl methyl sites for hydroxylation is 2. The van der Waals surface area contributed by atoms with Gasteiger partial charge < -0.3 is 10.1 Å². The van der Waals surface area contributed by atoms with Gasteiger partial charge in [0.1, 0.15) is 6.04 Å². The van der Waals surface area contributed by atoms with Crippen LogP contribution in [0.25, 0.3) is 0 Å². The van der Waals surface area contributed by atoms with Crippen LogP contribution in [0.15, 0.2) is 24.3 Å². The van der Waals surface area contributed by atoms with Crippen molar-refractivity contribution in [2.75, 3.05) is 7.11 Å². The predicted octanol–water partition coefficient (Wildman–Crippen LogP) is 4.20. The number of rotatable bonds is 12. The lowest BCUT2D eigenvalue weighted by Crippen LogP contribution is -2.40. The number of benzene rings is 1. The molecule has 1 amide bonds. The minimum absolute atomic E-state index is 0.218. The number of ether oxygens (including phenoxy) is 1. The number of carbonyl (C=O) groups is 2. The van der Waals surface area contributed by atoms with Gasteiger partial charge in [-0.2, -0.15) is 0 Å². The van der Waals surface area contributed by atoms with E-state index in [9.17, 15) is 9.59 Å². The Kier molecular flexibility index (Phi) is 10.6. The Hall–Kier alpha value is -1.84. The van der Waals surface area contributed by atoms with Crippen molar-refractivity contribution >= 4 is 11.9 Å². The number of hydrogen-bond acceptors (Lipinski definition) is 3. The lowest BCUT2D eigenvalue weighted by Gasteiger charge is -2.15. The maximum Gasteiger partial charge on any atom is 0.328 e. The summed E-state index contributed by atoms with van der Waals surface area (Å²) in [6.45, 7) is 3.65. The third-order valence-electron chi connectivity index (χ3n) is 4.43. The summed E-state index contributed by atoms with van der Waals surface area (Å²) in [7, 11) is 1.34. The number of nitrogens with one attached hydrogen (secondary N) is 1. The molecule has 0 aliphatic carbocycles. The molecule has 1 rings (SSSR count). The van der Waals surface area contributed by atoms with Gasteiger partial charge in [-0.3, -0.25) is 4.79 Å². The monoisotopic (exact) mass is 347 g/mol. The summed E-state index contributed by atoms with van der Waals surface area (Å²) in [6, 6.07) is 8.01. The van der Waals surface area contributed by atoms with Gasteiger partial charge >= 0.3 is 5.97 Å². The van der Waals surface area contributed by atoms with Gasteiger partial charge in [-0.1, -0.05) is 63.3 Å². The quantitative estimate of drug-likeness (QED) is 0.455. The van der Waals surface area contributed by atoms with Crippen molar-refractivity contribution in [2.24, 2.45) is 0 Å². The third-order valence-corrected chi connectivity index (χ3v) is 4.43. The van der Waals surface area contributed by atoms with Crippen LogP contribution < -0.4 is 5.32 Å². The molecule has 0 saturated carbocycles. The first-order valence-corrected chi connectivity index (χ1v) is 9.49. The van der Waals surface area contributed by atoms with Crippen LogP contribution in [0.1, 0.15) is 69.9 Å². The minimum Gasteiger partial charge on any atom is -0.467 e. The molecule has 0 radical (unpaired) electrons. The number of esters is 1. The zero-order valence-electron chi connectivity index (χ0n) is 16.0. The van der Waals surface area contributed by atoms with Crippen LogP contribution >= 0.6 is 0 Å². The molecule has 1 unspecified atom stereocenters. The molecule has 0 saturated heterocycles. The van der Waals surface area contributed by atoms with Crippen LogP contribution in [-0.2, 0) is 27.2 Å². The Morgan fingerprint density at radius 2 is 1.52 bits per heavy atom. The zero-order chi connectivity index (χ0) is 18.5. The first-order valence-electron chi connectivity index (χ1n) is 9.49. The Morgan fingerprint density at radius 1 is 0.960 bits per heavy atom. The molecule has 1 aromatic carbocycles. The molecule has 0 aromatic heterocycles. The normalized spacial score (nSPS) is 11.8. The molecular weight excluding hydrogens is 314 g/mol. The van der Waals surface area contributed by atoms with Crippen LogP contribution in [0.3, 0.4) is 0 Å². The van der Waals surface area contributed by atoms with Gasteiger partial charge in [0.25, 0.3) is 0 Å². The van der Waals surface area contributed by atoms with Gasteiger partial charge in [0.2, 0.25) is 5.91 Å². The van der Waals surface area contributed by atoms with E-state index in [0.717, 1.165) is 12.8 Å². The van der Waals surface area contributed by atoms with Crippen LogP contribution in [0.2, 0.25) is 0 Å². The summed E-state index contributed by atoms with van der Waals surface area (Å²) in [4.78, 5) is 22.9. The largest absolute Gasteiger partial charge is 0.467 e. The van der Waals surface area contributed by atoms with Gasteiger partial charge in [0.15, 0.2) is 0 Å². The highest BCUT2D eigenvalue weighted by molar-refractivity contribution is 5.83. The van der Waals surface area contributed by atoms with E-state index in [2.05, 4.69) is 36.5 Å².